The van der Waals surface area contributed by atoms with Crippen LogP contribution in [-0.2, 0) is 7.05 Å². The number of hydrogen-bond acceptors (Lipinski definition) is 2. The van der Waals surface area contributed by atoms with Crippen molar-refractivity contribution in [2.24, 2.45) is 12.0 Å². The third kappa shape index (κ3) is 3.77. The van der Waals surface area contributed by atoms with Gasteiger partial charge in [-0.05, 0) is 48.5 Å². The summed E-state index contributed by atoms with van der Waals surface area (Å²) < 4.78 is 7.73. The minimum Gasteiger partial charge on any atom is -0.457 e. The summed E-state index contributed by atoms with van der Waals surface area (Å²) in [6.45, 7) is 0. The van der Waals surface area contributed by atoms with Crippen LogP contribution in [0.4, 0.5) is 5.69 Å². The molecule has 0 saturated carbocycles. The molecule has 3 nitrogen and oxygen atoms in total. The summed E-state index contributed by atoms with van der Waals surface area (Å²) in [6.07, 6.45) is 5.84. The van der Waals surface area contributed by atoms with Crippen molar-refractivity contribution in [3.8, 4) is 11.5 Å². The monoisotopic (exact) mass is 310 g/mol. The van der Waals surface area contributed by atoms with Crippen molar-refractivity contribution in [2.45, 2.75) is 0 Å². The molecule has 2 aromatic carbocycles. The molecule has 0 unspecified atom stereocenters. The molecule has 0 bridgehead atoms. The molecule has 3 aromatic rings. The molecule has 0 amide bonds. The molecule has 0 fully saturated rings. The highest BCUT2D eigenvalue weighted by Crippen LogP contribution is 2.25. The molecule has 1 heterocycles. The average molecular weight is 311 g/mol. The van der Waals surface area contributed by atoms with Crippen molar-refractivity contribution in [1.29, 1.82) is 0 Å². The highest BCUT2D eigenvalue weighted by atomic mass is 35.5. The van der Waals surface area contributed by atoms with Gasteiger partial charge < -0.3 is 9.30 Å². The molecule has 1 aromatic heterocycles. The smallest absolute Gasteiger partial charge is 0.128 e. The summed E-state index contributed by atoms with van der Waals surface area (Å²) in [4.78, 5) is 4.44. The quantitative estimate of drug-likeness (QED) is 0.607. The first-order valence-electron chi connectivity index (χ1n) is 6.88. The number of ether oxygens (including phenoxy) is 1. The van der Waals surface area contributed by atoms with Gasteiger partial charge in [0.1, 0.15) is 11.5 Å². The molecular weight excluding hydrogens is 296 g/mol. The van der Waals surface area contributed by atoms with Crippen LogP contribution in [0.3, 0.4) is 0 Å². The third-order valence-electron chi connectivity index (χ3n) is 3.09. The van der Waals surface area contributed by atoms with E-state index in [1.807, 2.05) is 78.8 Å². The summed E-state index contributed by atoms with van der Waals surface area (Å²) in [5, 5.41) is 0.654. The fourth-order valence-corrected chi connectivity index (χ4v) is 2.20. The fraction of sp³-hybridized carbons (Fsp3) is 0.0556. The fourth-order valence-electron chi connectivity index (χ4n) is 2.02. The number of benzene rings is 2. The largest absolute Gasteiger partial charge is 0.457 e. The number of halogens is 1. The molecule has 22 heavy (non-hydrogen) atoms. The second-order valence-corrected chi connectivity index (χ2v) is 5.36. The van der Waals surface area contributed by atoms with Gasteiger partial charge in [0.25, 0.3) is 0 Å². The first kappa shape index (κ1) is 14.4. The molecule has 4 heteroatoms. The van der Waals surface area contributed by atoms with Crippen LogP contribution < -0.4 is 4.74 Å². The van der Waals surface area contributed by atoms with Gasteiger partial charge in [0.15, 0.2) is 0 Å². The van der Waals surface area contributed by atoms with Crippen LogP contribution >= 0.6 is 11.6 Å². The molecular formula is C18H15ClN2O. The predicted octanol–water partition coefficient (Wildman–Crippen LogP) is 5.22. The van der Waals surface area contributed by atoms with Gasteiger partial charge in [-0.2, -0.15) is 0 Å². The van der Waals surface area contributed by atoms with E-state index in [9.17, 15) is 0 Å². The molecule has 0 spiro atoms. The van der Waals surface area contributed by atoms with Gasteiger partial charge in [0.2, 0.25) is 0 Å². The maximum atomic E-state index is 5.94. The van der Waals surface area contributed by atoms with Crippen LogP contribution in [0.2, 0.25) is 5.02 Å². The lowest BCUT2D eigenvalue weighted by Crippen LogP contribution is -1.83. The normalized spacial score (nSPS) is 11.0. The van der Waals surface area contributed by atoms with Crippen LogP contribution in [0.5, 0.6) is 11.5 Å². The van der Waals surface area contributed by atoms with Gasteiger partial charge in [0.05, 0.1) is 5.69 Å². The van der Waals surface area contributed by atoms with E-state index in [2.05, 4.69) is 4.99 Å². The third-order valence-corrected chi connectivity index (χ3v) is 3.32. The van der Waals surface area contributed by atoms with Crippen LogP contribution in [0.1, 0.15) is 5.56 Å². The SMILES string of the molecule is Cn1ccc(C=Nc2ccc(Oc3cccc(Cl)c3)cc2)c1. The van der Waals surface area contributed by atoms with E-state index in [4.69, 9.17) is 16.3 Å². The van der Waals surface area contributed by atoms with Crippen LogP contribution in [-0.4, -0.2) is 10.8 Å². The lowest BCUT2D eigenvalue weighted by atomic mass is 10.3. The molecule has 0 atom stereocenters. The Balaban J connectivity index is 1.68. The molecule has 0 aliphatic heterocycles. The Hall–Kier alpha value is -2.52. The van der Waals surface area contributed by atoms with Crippen LogP contribution in [0.15, 0.2) is 72.0 Å². The van der Waals surface area contributed by atoms with E-state index in [-0.39, 0.29) is 0 Å². The Morgan fingerprint density at radius 2 is 1.86 bits per heavy atom. The topological polar surface area (TPSA) is 26.5 Å². The second-order valence-electron chi connectivity index (χ2n) is 4.92. The first-order valence-corrected chi connectivity index (χ1v) is 7.26. The molecule has 0 N–H and O–H groups in total. The molecule has 0 aliphatic rings. The second kappa shape index (κ2) is 6.50. The Bertz CT molecular complexity index is 791. The van der Waals surface area contributed by atoms with Gasteiger partial charge in [-0.25, -0.2) is 0 Å². The Kier molecular flexibility index (Phi) is 4.26. The zero-order chi connectivity index (χ0) is 15.4. The van der Waals surface area contributed by atoms with Crippen molar-refractivity contribution < 1.29 is 4.74 Å². The standard InChI is InChI=1S/C18H15ClN2O/c1-21-10-9-14(13-21)12-20-16-5-7-17(8-6-16)22-18-4-2-3-15(19)11-18/h2-13H,1H3. The van der Waals surface area contributed by atoms with Gasteiger partial charge in [-0.15, -0.1) is 0 Å². The number of rotatable bonds is 4. The van der Waals surface area contributed by atoms with Crippen LogP contribution in [0.25, 0.3) is 0 Å². The minimum atomic E-state index is 0.654. The summed E-state index contributed by atoms with van der Waals surface area (Å²) in [7, 11) is 1.99. The predicted molar refractivity (Wildman–Crippen MR) is 90.6 cm³/mol. The van der Waals surface area contributed by atoms with E-state index in [0.29, 0.717) is 10.8 Å². The number of aliphatic imine (C=N–C) groups is 1. The highest BCUT2D eigenvalue weighted by Gasteiger charge is 1.98. The van der Waals surface area contributed by atoms with E-state index in [0.717, 1.165) is 17.0 Å². The highest BCUT2D eigenvalue weighted by molar-refractivity contribution is 6.30. The van der Waals surface area contributed by atoms with Crippen molar-refractivity contribution in [3.63, 3.8) is 0 Å². The summed E-state index contributed by atoms with van der Waals surface area (Å²) in [6, 6.07) is 16.9. The summed E-state index contributed by atoms with van der Waals surface area (Å²) in [5.41, 5.74) is 1.95. The number of aryl methyl sites for hydroxylation is 1. The Morgan fingerprint density at radius 3 is 2.55 bits per heavy atom. The van der Waals surface area contributed by atoms with E-state index >= 15 is 0 Å². The maximum absolute atomic E-state index is 5.94. The minimum absolute atomic E-state index is 0.654. The van der Waals surface area contributed by atoms with E-state index in [1.54, 1.807) is 6.07 Å². The van der Waals surface area contributed by atoms with Crippen molar-refractivity contribution in [2.75, 3.05) is 0 Å². The number of hydrogen-bond donors (Lipinski definition) is 0. The van der Waals surface area contributed by atoms with Crippen molar-refractivity contribution >= 4 is 23.5 Å². The zero-order valence-electron chi connectivity index (χ0n) is 12.1. The zero-order valence-corrected chi connectivity index (χ0v) is 12.9. The molecule has 3 rings (SSSR count). The van der Waals surface area contributed by atoms with E-state index in [1.165, 1.54) is 0 Å². The Labute approximate surface area is 134 Å². The molecule has 0 radical (unpaired) electrons. The van der Waals surface area contributed by atoms with Gasteiger partial charge in [0, 0.05) is 36.2 Å². The maximum Gasteiger partial charge on any atom is 0.128 e. The molecule has 0 aliphatic carbocycles. The first-order chi connectivity index (χ1) is 10.7. The van der Waals surface area contributed by atoms with Gasteiger partial charge >= 0.3 is 0 Å². The van der Waals surface area contributed by atoms with Crippen molar-refractivity contribution in [1.82, 2.24) is 4.57 Å². The Morgan fingerprint density at radius 1 is 1.05 bits per heavy atom. The average Bonchev–Trinajstić information content (AvgIpc) is 2.92. The lowest BCUT2D eigenvalue weighted by Gasteiger charge is -2.05. The van der Waals surface area contributed by atoms with E-state index < -0.39 is 0 Å². The van der Waals surface area contributed by atoms with Gasteiger partial charge in [-0.1, -0.05) is 17.7 Å². The summed E-state index contributed by atoms with van der Waals surface area (Å²) >= 11 is 5.94. The molecule has 110 valence electrons. The lowest BCUT2D eigenvalue weighted by molar-refractivity contribution is 0.483. The summed E-state index contributed by atoms with van der Waals surface area (Å²) in [5.74, 6) is 1.47. The molecule has 0 saturated heterocycles. The van der Waals surface area contributed by atoms with Crippen LogP contribution in [0, 0.1) is 0 Å². The number of nitrogens with zero attached hydrogens (tertiary/aromatic N) is 2. The number of aromatic nitrogens is 1. The van der Waals surface area contributed by atoms with Gasteiger partial charge in [-0.3, -0.25) is 4.99 Å². The van der Waals surface area contributed by atoms with Crippen molar-refractivity contribution in [3.05, 3.63) is 77.6 Å².